The first-order valence-corrected chi connectivity index (χ1v) is 10.8. The van der Waals surface area contributed by atoms with E-state index in [1.54, 1.807) is 23.3 Å². The van der Waals surface area contributed by atoms with Crippen molar-refractivity contribution in [3.05, 3.63) is 0 Å². The maximum absolute atomic E-state index is 12.7. The number of Topliss-reactive ketones (excluding diaryl/α,β-unsaturated/α-hetero) is 1. The van der Waals surface area contributed by atoms with Crippen molar-refractivity contribution >= 4 is 15.7 Å². The molecule has 1 spiro atoms. The van der Waals surface area contributed by atoms with Crippen LogP contribution < -0.4 is 0 Å². The van der Waals surface area contributed by atoms with Crippen molar-refractivity contribution in [3.8, 4) is 0 Å². The minimum absolute atomic E-state index is 0.0875. The monoisotopic (exact) mass is 500 g/mol. The molecule has 1 aliphatic heterocycles. The Bertz CT molecular complexity index is 660. The van der Waals surface area contributed by atoms with Crippen molar-refractivity contribution in [1.82, 2.24) is 0 Å². The van der Waals surface area contributed by atoms with Crippen LogP contribution in [0.2, 0.25) is 0 Å². The molecule has 0 aromatic carbocycles. The van der Waals surface area contributed by atoms with E-state index in [1.165, 1.54) is 0 Å². The van der Waals surface area contributed by atoms with Crippen molar-refractivity contribution in [1.29, 1.82) is 0 Å². The number of esters is 1. The average molecular weight is 500 g/mol. The van der Waals surface area contributed by atoms with Gasteiger partial charge in [-0.1, -0.05) is 0 Å². The number of hydrogen-bond acceptors (Lipinski definition) is 4. The Kier molecular flexibility index (Phi) is 3.23. The first kappa shape index (κ1) is 15.9. The molecule has 5 heteroatoms. The second-order valence-electron chi connectivity index (χ2n) is 9.07. The van der Waals surface area contributed by atoms with Gasteiger partial charge in [0.05, 0.1) is 0 Å². The summed E-state index contributed by atoms with van der Waals surface area (Å²) in [7, 11) is 0. The summed E-state index contributed by atoms with van der Waals surface area (Å²) >= 11 is 1.54. The van der Waals surface area contributed by atoms with Gasteiger partial charge in [-0.2, -0.15) is 0 Å². The van der Waals surface area contributed by atoms with Gasteiger partial charge in [-0.3, -0.25) is 0 Å². The molecule has 5 rings (SSSR count). The van der Waals surface area contributed by atoms with Gasteiger partial charge in [-0.15, -0.1) is 0 Å². The molecule has 4 saturated carbocycles. The first-order valence-electron chi connectivity index (χ1n) is 9.32. The Morgan fingerprint density at radius 3 is 2.67 bits per heavy atom. The summed E-state index contributed by atoms with van der Waals surface area (Å²) in [6.45, 7) is 2.32. The summed E-state index contributed by atoms with van der Waals surface area (Å²) < 4.78 is 7.50. The number of carbonyl (C=O) groups excluding carboxylic acids is 2. The molecule has 0 amide bonds. The standard InChI is InChI=1S/C19H24O4.W/c1-18-6-2-3-12(18)15-11-8-19(23-17(11)22)7-10(20)4-5-13(19)16(15)14(21)9-18;/h11-16,21H,2-5,7-9H2,1H3;/t11-,12?,13?,14?,15?,16?,18?,19+;/m1./s1. The van der Waals surface area contributed by atoms with E-state index in [9.17, 15) is 14.7 Å². The minimum atomic E-state index is -0.588. The number of ether oxygens (including phenoxy) is 1. The predicted molar refractivity (Wildman–Crippen MR) is 82.7 cm³/mol. The van der Waals surface area contributed by atoms with Crippen molar-refractivity contribution < 1.29 is 38.8 Å². The Labute approximate surface area is 153 Å². The molecule has 1 N–H and O–H groups in total. The third-order valence-corrected chi connectivity index (χ3v) is 10.5. The van der Waals surface area contributed by atoms with Crippen LogP contribution >= 0.6 is 0 Å². The molecular weight excluding hydrogens is 476 g/mol. The molecule has 4 aliphatic carbocycles. The summed E-state index contributed by atoms with van der Waals surface area (Å²) in [4.78, 5) is 24.8. The SMILES string of the molecule is CC12CC(O)C3C(C1CC[C]2=[W])[C@H]1C[C@]2(CC(=O)CCC32)OC1=O. The van der Waals surface area contributed by atoms with Crippen LogP contribution in [0.25, 0.3) is 0 Å². The van der Waals surface area contributed by atoms with Crippen molar-refractivity contribution in [3.63, 3.8) is 0 Å². The van der Waals surface area contributed by atoms with Crippen LogP contribution in [0, 0.1) is 35.0 Å². The number of rotatable bonds is 0. The van der Waals surface area contributed by atoms with Crippen LogP contribution in [0.5, 0.6) is 0 Å². The van der Waals surface area contributed by atoms with E-state index in [2.05, 4.69) is 6.92 Å². The van der Waals surface area contributed by atoms with Gasteiger partial charge in [0, 0.05) is 0 Å². The molecule has 1 heterocycles. The van der Waals surface area contributed by atoms with E-state index < -0.39 is 5.60 Å². The fourth-order valence-electron chi connectivity index (χ4n) is 7.24. The fraction of sp³-hybridized carbons (Fsp3) is 0.842. The zero-order valence-electron chi connectivity index (χ0n) is 14.0. The van der Waals surface area contributed by atoms with Gasteiger partial charge >= 0.3 is 153 Å². The van der Waals surface area contributed by atoms with Crippen LogP contribution in [0.15, 0.2) is 0 Å². The molecule has 0 aromatic rings. The molecule has 130 valence electrons. The second-order valence-corrected chi connectivity index (χ2v) is 10.8. The molecule has 0 aromatic heterocycles. The van der Waals surface area contributed by atoms with E-state index >= 15 is 0 Å². The van der Waals surface area contributed by atoms with Gasteiger partial charge < -0.3 is 0 Å². The number of aliphatic hydroxyl groups excluding tert-OH is 1. The fourth-order valence-corrected chi connectivity index (χ4v) is 8.50. The Morgan fingerprint density at radius 2 is 1.88 bits per heavy atom. The van der Waals surface area contributed by atoms with Crippen molar-refractivity contribution in [2.24, 2.45) is 35.0 Å². The van der Waals surface area contributed by atoms with Gasteiger partial charge in [-0.25, -0.2) is 0 Å². The number of fused-ring (bicyclic) bond motifs is 6. The summed E-state index contributed by atoms with van der Waals surface area (Å²) in [6, 6.07) is 0. The molecular formula is C19H24O4W. The van der Waals surface area contributed by atoms with Crippen molar-refractivity contribution in [2.45, 2.75) is 63.6 Å². The van der Waals surface area contributed by atoms with E-state index in [-0.39, 0.29) is 46.9 Å². The van der Waals surface area contributed by atoms with Crippen LogP contribution in [-0.2, 0) is 33.7 Å². The number of aliphatic hydroxyl groups is 1. The third-order valence-electron chi connectivity index (χ3n) is 8.13. The molecule has 24 heavy (non-hydrogen) atoms. The van der Waals surface area contributed by atoms with Gasteiger partial charge in [0.25, 0.3) is 0 Å². The predicted octanol–water partition coefficient (Wildman–Crippen LogP) is 1.80. The van der Waals surface area contributed by atoms with Gasteiger partial charge in [0.15, 0.2) is 0 Å². The molecule has 1 saturated heterocycles. The number of hydrogen-bond donors (Lipinski definition) is 1. The summed E-state index contributed by atoms with van der Waals surface area (Å²) in [5.41, 5.74) is -0.487. The Balaban J connectivity index is 1.62. The molecule has 6 unspecified atom stereocenters. The Hall–Kier alpha value is -0.342. The summed E-state index contributed by atoms with van der Waals surface area (Å²) in [6.07, 6.45) is 5.25. The Morgan fingerprint density at radius 1 is 1.12 bits per heavy atom. The van der Waals surface area contributed by atoms with Crippen LogP contribution in [0.4, 0.5) is 0 Å². The number of ketones is 1. The maximum atomic E-state index is 12.7. The number of carbonyl (C=O) groups is 2. The zero-order valence-corrected chi connectivity index (χ0v) is 16.9. The average Bonchev–Trinajstić information content (AvgIpc) is 2.94. The summed E-state index contributed by atoms with van der Waals surface area (Å²) in [5, 5.41) is 11.1. The van der Waals surface area contributed by atoms with E-state index in [4.69, 9.17) is 4.74 Å². The van der Waals surface area contributed by atoms with E-state index in [0.29, 0.717) is 25.2 Å². The topological polar surface area (TPSA) is 63.6 Å². The van der Waals surface area contributed by atoms with Crippen LogP contribution in [0.3, 0.4) is 0 Å². The van der Waals surface area contributed by atoms with Gasteiger partial charge in [0.1, 0.15) is 0 Å². The molecule has 2 bridgehead atoms. The molecule has 5 aliphatic rings. The summed E-state index contributed by atoms with van der Waals surface area (Å²) in [5.74, 6) is 1.11. The first-order chi connectivity index (χ1) is 11.4. The third kappa shape index (κ3) is 1.80. The van der Waals surface area contributed by atoms with Crippen molar-refractivity contribution in [2.75, 3.05) is 0 Å². The van der Waals surface area contributed by atoms with E-state index in [0.717, 1.165) is 25.7 Å². The quantitative estimate of drug-likeness (QED) is 0.516. The van der Waals surface area contributed by atoms with Crippen LogP contribution in [0.1, 0.15) is 51.9 Å². The molecule has 8 atom stereocenters. The second kappa shape index (κ2) is 4.88. The van der Waals surface area contributed by atoms with Gasteiger partial charge in [-0.05, 0) is 0 Å². The molecule has 0 radical (unpaired) electrons. The van der Waals surface area contributed by atoms with Gasteiger partial charge in [0.2, 0.25) is 0 Å². The normalized spacial score (nSPS) is 55.7. The zero-order chi connectivity index (χ0) is 16.9. The molecule has 5 fully saturated rings. The van der Waals surface area contributed by atoms with Crippen LogP contribution in [-0.4, -0.2) is 32.5 Å². The molecule has 4 nitrogen and oxygen atoms in total. The van der Waals surface area contributed by atoms with E-state index in [1.807, 2.05) is 0 Å².